The number of carboxylic acids is 1. The molecule has 0 saturated carbocycles. The number of benzene rings is 1. The van der Waals surface area contributed by atoms with E-state index in [1.54, 1.807) is 31.3 Å². The molecular weight excluding hydrogens is 262 g/mol. The number of ether oxygens (including phenoxy) is 1. The number of aliphatic carboxylic acids is 1. The van der Waals surface area contributed by atoms with Gasteiger partial charge in [-0.2, -0.15) is 5.26 Å². The van der Waals surface area contributed by atoms with Gasteiger partial charge in [-0.1, -0.05) is 0 Å². The first-order valence-corrected chi connectivity index (χ1v) is 5.86. The van der Waals surface area contributed by atoms with E-state index in [2.05, 4.69) is 5.32 Å². The highest BCUT2D eigenvalue weighted by atomic mass is 16.5. The second-order valence-corrected chi connectivity index (χ2v) is 3.90. The number of anilines is 1. The van der Waals surface area contributed by atoms with Gasteiger partial charge >= 0.3 is 12.0 Å². The zero-order valence-electron chi connectivity index (χ0n) is 11.0. The molecule has 20 heavy (non-hydrogen) atoms. The fourth-order valence-corrected chi connectivity index (χ4v) is 1.39. The summed E-state index contributed by atoms with van der Waals surface area (Å²) in [4.78, 5) is 23.4. The Morgan fingerprint density at radius 3 is 2.60 bits per heavy atom. The molecule has 7 nitrogen and oxygen atoms in total. The highest BCUT2D eigenvalue weighted by molar-refractivity contribution is 5.91. The Kier molecular flexibility index (Phi) is 6.00. The van der Waals surface area contributed by atoms with Gasteiger partial charge in [0.15, 0.2) is 0 Å². The number of rotatable bonds is 6. The molecule has 0 unspecified atom stereocenters. The van der Waals surface area contributed by atoms with Crippen molar-refractivity contribution in [3.63, 3.8) is 0 Å². The van der Waals surface area contributed by atoms with E-state index in [0.717, 1.165) is 0 Å². The van der Waals surface area contributed by atoms with Crippen LogP contribution >= 0.6 is 0 Å². The summed E-state index contributed by atoms with van der Waals surface area (Å²) in [5.41, 5.74) is 1.16. The van der Waals surface area contributed by atoms with Gasteiger partial charge in [-0.3, -0.25) is 4.90 Å². The molecule has 2 N–H and O–H groups in total. The predicted molar refractivity (Wildman–Crippen MR) is 71.4 cm³/mol. The lowest BCUT2D eigenvalue weighted by Gasteiger charge is -2.18. The molecule has 1 aromatic carbocycles. The number of hydrogen-bond acceptors (Lipinski definition) is 4. The summed E-state index contributed by atoms with van der Waals surface area (Å²) in [6.45, 7) is -0.0483. The number of carbonyl (C=O) groups is 2. The fraction of sp³-hybridized carbons (Fsp3) is 0.308. The van der Waals surface area contributed by atoms with Crippen LogP contribution < -0.4 is 10.2 Å². The summed E-state index contributed by atoms with van der Waals surface area (Å²) >= 11 is 0. The van der Waals surface area contributed by atoms with E-state index >= 15 is 0 Å². The Labute approximate surface area is 116 Å². The van der Waals surface area contributed by atoms with Crippen molar-refractivity contribution in [1.82, 2.24) is 5.32 Å². The molecule has 1 aromatic rings. The van der Waals surface area contributed by atoms with Crippen LogP contribution in [0.2, 0.25) is 0 Å². The van der Waals surface area contributed by atoms with Crippen molar-refractivity contribution in [1.29, 1.82) is 5.26 Å². The molecule has 0 heterocycles. The Hall–Kier alpha value is -2.59. The number of nitrogens with one attached hydrogen (secondary N) is 1. The second kappa shape index (κ2) is 7.76. The Bertz CT molecular complexity index is 507. The maximum Gasteiger partial charge on any atom is 0.329 e. The zero-order chi connectivity index (χ0) is 15.0. The number of amides is 2. The highest BCUT2D eigenvalue weighted by Gasteiger charge is 2.09. The zero-order valence-corrected chi connectivity index (χ0v) is 11.0. The van der Waals surface area contributed by atoms with Crippen LogP contribution in [0.25, 0.3) is 0 Å². The van der Waals surface area contributed by atoms with Gasteiger partial charge in [0.25, 0.3) is 0 Å². The van der Waals surface area contributed by atoms with Gasteiger partial charge in [0.05, 0.1) is 18.2 Å². The van der Waals surface area contributed by atoms with Crippen molar-refractivity contribution < 1.29 is 19.4 Å². The van der Waals surface area contributed by atoms with Crippen LogP contribution in [0.5, 0.6) is 0 Å². The van der Waals surface area contributed by atoms with E-state index in [0.29, 0.717) is 11.3 Å². The van der Waals surface area contributed by atoms with Crippen molar-refractivity contribution >= 4 is 17.7 Å². The van der Waals surface area contributed by atoms with Gasteiger partial charge < -0.3 is 15.2 Å². The molecule has 106 valence electrons. The molecule has 0 aromatic heterocycles. The lowest BCUT2D eigenvalue weighted by Crippen LogP contribution is -2.39. The molecule has 2 amide bonds. The van der Waals surface area contributed by atoms with Gasteiger partial charge in [0, 0.05) is 19.3 Å². The average molecular weight is 277 g/mol. The largest absolute Gasteiger partial charge is 0.480 e. The Morgan fingerprint density at radius 1 is 1.40 bits per heavy atom. The fourth-order valence-electron chi connectivity index (χ4n) is 1.39. The summed E-state index contributed by atoms with van der Waals surface area (Å²) in [6.07, 6.45) is 0. The van der Waals surface area contributed by atoms with Crippen LogP contribution in [0.4, 0.5) is 10.5 Å². The number of carboxylic acid groups (broad SMARTS) is 1. The summed E-state index contributed by atoms with van der Waals surface area (Å²) in [5, 5.41) is 19.6. The Balaban J connectivity index is 2.38. The second-order valence-electron chi connectivity index (χ2n) is 3.90. The highest BCUT2D eigenvalue weighted by Crippen LogP contribution is 2.13. The molecule has 0 fully saturated rings. The standard InChI is InChI=1S/C13H15N3O4/c1-16(11-4-2-10(8-14)3-5-11)13(19)15-6-7-20-9-12(17)18/h2-5H,6-7,9H2,1H3,(H,15,19)(H,17,18). The van der Waals surface area contributed by atoms with Gasteiger partial charge in [0.1, 0.15) is 6.61 Å². The maximum atomic E-state index is 11.8. The molecule has 0 radical (unpaired) electrons. The normalized spacial score (nSPS) is 9.60. The van der Waals surface area contributed by atoms with E-state index in [9.17, 15) is 9.59 Å². The van der Waals surface area contributed by atoms with Crippen LogP contribution in [-0.4, -0.2) is 43.9 Å². The van der Waals surface area contributed by atoms with Crippen LogP contribution in [0, 0.1) is 11.3 Å². The van der Waals surface area contributed by atoms with E-state index in [-0.39, 0.29) is 25.8 Å². The maximum absolute atomic E-state index is 11.8. The van der Waals surface area contributed by atoms with Crippen LogP contribution in [0.1, 0.15) is 5.56 Å². The van der Waals surface area contributed by atoms with Crippen molar-refractivity contribution in [2.45, 2.75) is 0 Å². The Morgan fingerprint density at radius 2 is 2.05 bits per heavy atom. The van der Waals surface area contributed by atoms with E-state index in [1.807, 2.05) is 6.07 Å². The van der Waals surface area contributed by atoms with Gasteiger partial charge in [-0.05, 0) is 24.3 Å². The molecule has 0 aliphatic carbocycles. The number of nitrogens with zero attached hydrogens (tertiary/aromatic N) is 2. The van der Waals surface area contributed by atoms with Crippen molar-refractivity contribution in [2.24, 2.45) is 0 Å². The number of hydrogen-bond donors (Lipinski definition) is 2. The average Bonchev–Trinajstić information content (AvgIpc) is 2.45. The van der Waals surface area contributed by atoms with Crippen LogP contribution in [-0.2, 0) is 9.53 Å². The van der Waals surface area contributed by atoms with Crippen LogP contribution in [0.3, 0.4) is 0 Å². The minimum Gasteiger partial charge on any atom is -0.480 e. The van der Waals surface area contributed by atoms with E-state index in [1.165, 1.54) is 4.90 Å². The predicted octanol–water partition coefficient (Wildman–Crippen LogP) is 0.805. The molecule has 0 aliphatic heterocycles. The molecule has 0 aliphatic rings. The van der Waals surface area contributed by atoms with Crippen molar-refractivity contribution in [3.8, 4) is 6.07 Å². The molecule has 1 rings (SSSR count). The minimum atomic E-state index is -1.05. The monoisotopic (exact) mass is 277 g/mol. The quantitative estimate of drug-likeness (QED) is 0.749. The summed E-state index contributed by atoms with van der Waals surface area (Å²) in [7, 11) is 1.59. The van der Waals surface area contributed by atoms with Crippen molar-refractivity contribution in [3.05, 3.63) is 29.8 Å². The van der Waals surface area contributed by atoms with E-state index in [4.69, 9.17) is 15.1 Å². The van der Waals surface area contributed by atoms with Gasteiger partial charge in [-0.25, -0.2) is 9.59 Å². The van der Waals surface area contributed by atoms with Gasteiger partial charge in [-0.15, -0.1) is 0 Å². The molecule has 0 atom stereocenters. The molecule has 0 spiro atoms. The van der Waals surface area contributed by atoms with Crippen LogP contribution in [0.15, 0.2) is 24.3 Å². The number of urea groups is 1. The third-order valence-electron chi connectivity index (χ3n) is 2.44. The number of nitriles is 1. The summed E-state index contributed by atoms with van der Waals surface area (Å²) < 4.78 is 4.79. The summed E-state index contributed by atoms with van der Waals surface area (Å²) in [5.74, 6) is -1.05. The topological polar surface area (TPSA) is 103 Å². The lowest BCUT2D eigenvalue weighted by atomic mass is 10.2. The first-order chi connectivity index (χ1) is 9.54. The SMILES string of the molecule is CN(C(=O)NCCOCC(=O)O)c1ccc(C#N)cc1. The smallest absolute Gasteiger partial charge is 0.329 e. The third kappa shape index (κ3) is 4.96. The molecular formula is C13H15N3O4. The molecule has 0 bridgehead atoms. The molecule has 7 heteroatoms. The third-order valence-corrected chi connectivity index (χ3v) is 2.44. The minimum absolute atomic E-state index is 0.124. The summed E-state index contributed by atoms with van der Waals surface area (Å²) in [6, 6.07) is 8.23. The lowest BCUT2D eigenvalue weighted by molar-refractivity contribution is -0.142. The van der Waals surface area contributed by atoms with Gasteiger partial charge in [0.2, 0.25) is 0 Å². The van der Waals surface area contributed by atoms with Crippen molar-refractivity contribution in [2.75, 3.05) is 31.7 Å². The first-order valence-electron chi connectivity index (χ1n) is 5.86. The van der Waals surface area contributed by atoms with E-state index < -0.39 is 5.97 Å². The number of carbonyl (C=O) groups excluding carboxylic acids is 1. The first kappa shape index (κ1) is 15.5. The molecule has 0 saturated heterocycles.